The van der Waals surface area contributed by atoms with Gasteiger partial charge in [-0.15, -0.1) is 0 Å². The number of phenolic OH excluding ortho intramolecular Hbond substituents is 1. The molecule has 0 saturated heterocycles. The fraction of sp³-hybridized carbons (Fsp3) is 0.250. The monoisotopic (exact) mass is 274 g/mol. The highest BCUT2D eigenvalue weighted by Gasteiger charge is 2.17. The molecule has 0 aliphatic heterocycles. The molecule has 0 radical (unpaired) electrons. The van der Waals surface area contributed by atoms with Gasteiger partial charge in [0.2, 0.25) is 0 Å². The van der Waals surface area contributed by atoms with Gasteiger partial charge in [0.1, 0.15) is 11.9 Å². The molecule has 0 aromatic heterocycles. The van der Waals surface area contributed by atoms with Crippen LogP contribution >= 0.6 is 0 Å². The van der Waals surface area contributed by atoms with Gasteiger partial charge >= 0.3 is 0 Å². The number of benzene rings is 2. The van der Waals surface area contributed by atoms with E-state index in [1.165, 1.54) is 0 Å². The number of hydrogen-bond donors (Lipinski definition) is 4. The van der Waals surface area contributed by atoms with E-state index in [2.05, 4.69) is 0 Å². The summed E-state index contributed by atoms with van der Waals surface area (Å²) in [6, 6.07) is 14.0. The second-order valence-electron chi connectivity index (χ2n) is 4.69. The highest BCUT2D eigenvalue weighted by molar-refractivity contribution is 5.64. The summed E-state index contributed by atoms with van der Waals surface area (Å²) in [5.41, 5.74) is 2.52. The molecule has 4 nitrogen and oxygen atoms in total. The number of aliphatic hydroxyl groups excluding tert-OH is 3. The smallest absolute Gasteiger partial charge is 0.115 e. The normalized spacial score (nSPS) is 13.9. The molecule has 2 aromatic rings. The fourth-order valence-corrected chi connectivity index (χ4v) is 2.04. The van der Waals surface area contributed by atoms with E-state index in [9.17, 15) is 15.3 Å². The quantitative estimate of drug-likeness (QED) is 0.670. The van der Waals surface area contributed by atoms with Crippen LogP contribution in [0.25, 0.3) is 11.1 Å². The first-order valence-corrected chi connectivity index (χ1v) is 6.48. The van der Waals surface area contributed by atoms with Crippen LogP contribution in [0.3, 0.4) is 0 Å². The molecule has 2 unspecified atom stereocenters. The molecule has 2 rings (SSSR count). The van der Waals surface area contributed by atoms with Crippen molar-refractivity contribution in [1.29, 1.82) is 0 Å². The van der Waals surface area contributed by atoms with Crippen molar-refractivity contribution < 1.29 is 20.4 Å². The zero-order valence-electron chi connectivity index (χ0n) is 11.0. The van der Waals surface area contributed by atoms with Gasteiger partial charge in [-0.25, -0.2) is 0 Å². The Kier molecular flexibility index (Phi) is 4.74. The Morgan fingerprint density at radius 3 is 1.80 bits per heavy atom. The predicted octanol–water partition coefficient (Wildman–Crippen LogP) is 1.84. The number of rotatable bonds is 5. The van der Waals surface area contributed by atoms with Crippen LogP contribution in [0.4, 0.5) is 0 Å². The molecule has 0 aliphatic rings. The van der Waals surface area contributed by atoms with Crippen LogP contribution in [-0.4, -0.2) is 33.1 Å². The lowest BCUT2D eigenvalue weighted by Gasteiger charge is -2.17. The van der Waals surface area contributed by atoms with E-state index < -0.39 is 12.2 Å². The molecule has 0 fully saturated rings. The molecular weight excluding hydrogens is 256 g/mol. The number of aliphatic hydroxyl groups is 3. The number of hydrogen-bond acceptors (Lipinski definition) is 4. The van der Waals surface area contributed by atoms with Crippen molar-refractivity contribution in [1.82, 2.24) is 0 Å². The minimum Gasteiger partial charge on any atom is -0.508 e. The Hall–Kier alpha value is -1.88. The van der Waals surface area contributed by atoms with Gasteiger partial charge in [0.15, 0.2) is 0 Å². The van der Waals surface area contributed by atoms with Crippen molar-refractivity contribution in [3.8, 4) is 16.9 Å². The molecular formula is C16H18O4. The molecule has 0 aliphatic carbocycles. The molecule has 0 amide bonds. The molecule has 2 aromatic carbocycles. The van der Waals surface area contributed by atoms with Crippen LogP contribution in [0.2, 0.25) is 0 Å². The third-order valence-corrected chi connectivity index (χ3v) is 3.24. The third kappa shape index (κ3) is 3.36. The molecule has 0 heterocycles. The molecule has 0 bridgehead atoms. The van der Waals surface area contributed by atoms with Gasteiger partial charge in [-0.1, -0.05) is 36.4 Å². The number of aromatic hydroxyl groups is 1. The Labute approximate surface area is 117 Å². The number of phenols is 1. The Morgan fingerprint density at radius 1 is 0.800 bits per heavy atom. The Balaban J connectivity index is 2.15. The maximum atomic E-state index is 9.92. The van der Waals surface area contributed by atoms with E-state index in [0.717, 1.165) is 11.1 Å². The highest BCUT2D eigenvalue weighted by atomic mass is 16.3. The summed E-state index contributed by atoms with van der Waals surface area (Å²) in [5, 5.41) is 37.6. The molecule has 0 saturated carbocycles. The lowest BCUT2D eigenvalue weighted by molar-refractivity contribution is 0.00422. The maximum absolute atomic E-state index is 9.92. The van der Waals surface area contributed by atoms with E-state index in [4.69, 9.17) is 5.11 Å². The fourth-order valence-electron chi connectivity index (χ4n) is 2.04. The van der Waals surface area contributed by atoms with Crippen molar-refractivity contribution in [3.05, 3.63) is 54.1 Å². The summed E-state index contributed by atoms with van der Waals surface area (Å²) in [7, 11) is 0. The van der Waals surface area contributed by atoms with Gasteiger partial charge in [0.05, 0.1) is 6.10 Å². The van der Waals surface area contributed by atoms with E-state index in [1.54, 1.807) is 36.4 Å². The minimum absolute atomic E-state index is 0.140. The highest BCUT2D eigenvalue weighted by Crippen LogP contribution is 2.25. The predicted molar refractivity (Wildman–Crippen MR) is 76.2 cm³/mol. The SMILES string of the molecule is OCCC(O)C(O)c1ccc(-c2ccc(O)cc2)cc1. The zero-order valence-corrected chi connectivity index (χ0v) is 11.0. The second-order valence-corrected chi connectivity index (χ2v) is 4.69. The topological polar surface area (TPSA) is 80.9 Å². The third-order valence-electron chi connectivity index (χ3n) is 3.24. The average Bonchev–Trinajstić information content (AvgIpc) is 2.48. The van der Waals surface area contributed by atoms with E-state index in [-0.39, 0.29) is 18.8 Å². The van der Waals surface area contributed by atoms with E-state index in [0.29, 0.717) is 5.56 Å². The van der Waals surface area contributed by atoms with Gasteiger partial charge in [-0.05, 0) is 35.2 Å². The molecule has 2 atom stereocenters. The second kappa shape index (κ2) is 6.52. The van der Waals surface area contributed by atoms with Crippen molar-refractivity contribution >= 4 is 0 Å². The maximum Gasteiger partial charge on any atom is 0.115 e. The Bertz CT molecular complexity index is 533. The summed E-state index contributed by atoms with van der Waals surface area (Å²) >= 11 is 0. The molecule has 4 heteroatoms. The van der Waals surface area contributed by atoms with Crippen LogP contribution in [0.15, 0.2) is 48.5 Å². The molecule has 106 valence electrons. The first-order chi connectivity index (χ1) is 9.61. The van der Waals surface area contributed by atoms with Crippen LogP contribution in [0.5, 0.6) is 5.75 Å². The van der Waals surface area contributed by atoms with Gasteiger partial charge in [0.25, 0.3) is 0 Å². The first kappa shape index (κ1) is 14.5. The van der Waals surface area contributed by atoms with Crippen molar-refractivity contribution in [3.63, 3.8) is 0 Å². The summed E-state index contributed by atoms with van der Waals surface area (Å²) < 4.78 is 0. The van der Waals surface area contributed by atoms with E-state index in [1.807, 2.05) is 12.1 Å². The minimum atomic E-state index is -1.00. The zero-order chi connectivity index (χ0) is 14.5. The van der Waals surface area contributed by atoms with Crippen molar-refractivity contribution in [2.75, 3.05) is 6.61 Å². The van der Waals surface area contributed by atoms with Crippen LogP contribution in [0, 0.1) is 0 Å². The van der Waals surface area contributed by atoms with Gasteiger partial charge in [0, 0.05) is 6.61 Å². The first-order valence-electron chi connectivity index (χ1n) is 6.48. The van der Waals surface area contributed by atoms with Gasteiger partial charge in [-0.3, -0.25) is 0 Å². The molecule has 0 spiro atoms. The summed E-state index contributed by atoms with van der Waals surface area (Å²) in [5.74, 6) is 0.216. The van der Waals surface area contributed by atoms with Crippen LogP contribution in [-0.2, 0) is 0 Å². The summed E-state index contributed by atoms with van der Waals surface area (Å²) in [6.07, 6.45) is -1.84. The largest absolute Gasteiger partial charge is 0.508 e. The molecule has 20 heavy (non-hydrogen) atoms. The lowest BCUT2D eigenvalue weighted by atomic mass is 9.98. The van der Waals surface area contributed by atoms with E-state index >= 15 is 0 Å². The van der Waals surface area contributed by atoms with Crippen molar-refractivity contribution in [2.45, 2.75) is 18.6 Å². The van der Waals surface area contributed by atoms with Crippen LogP contribution < -0.4 is 0 Å². The summed E-state index contributed by atoms with van der Waals surface area (Å²) in [6.45, 7) is -0.163. The van der Waals surface area contributed by atoms with Gasteiger partial charge in [-0.2, -0.15) is 0 Å². The van der Waals surface area contributed by atoms with Gasteiger partial charge < -0.3 is 20.4 Å². The standard InChI is InChI=1S/C16H18O4/c17-10-9-15(19)16(20)13-3-1-11(2-4-13)12-5-7-14(18)8-6-12/h1-8,15-20H,9-10H2. The average molecular weight is 274 g/mol. The van der Waals surface area contributed by atoms with Crippen molar-refractivity contribution in [2.24, 2.45) is 0 Å². The lowest BCUT2D eigenvalue weighted by Crippen LogP contribution is -2.19. The Morgan fingerprint density at radius 2 is 1.30 bits per heavy atom. The summed E-state index contributed by atoms with van der Waals surface area (Å²) in [4.78, 5) is 0. The molecule has 4 N–H and O–H groups in total. The van der Waals surface area contributed by atoms with Crippen LogP contribution in [0.1, 0.15) is 18.1 Å².